The smallest absolute Gasteiger partial charge is 0.356 e. The number of benzene rings is 1. The van der Waals surface area contributed by atoms with Crippen molar-refractivity contribution >= 4 is 17.6 Å². The van der Waals surface area contributed by atoms with Gasteiger partial charge in [0.25, 0.3) is 0 Å². The summed E-state index contributed by atoms with van der Waals surface area (Å²) in [6, 6.07) is 4.39. The van der Waals surface area contributed by atoms with Crippen LogP contribution in [0.5, 0.6) is 0 Å². The zero-order valence-corrected chi connectivity index (χ0v) is 9.36. The number of carboxylic acid groups (broad SMARTS) is 1. The minimum Gasteiger partial charge on any atom is -0.476 e. The van der Waals surface area contributed by atoms with Gasteiger partial charge >= 0.3 is 5.97 Å². The van der Waals surface area contributed by atoms with Crippen LogP contribution in [0.3, 0.4) is 0 Å². The van der Waals surface area contributed by atoms with Crippen LogP contribution in [0.25, 0.3) is 0 Å². The van der Waals surface area contributed by atoms with E-state index in [4.69, 9.17) is 16.7 Å². The van der Waals surface area contributed by atoms with Crippen LogP contribution in [-0.2, 0) is 6.54 Å². The van der Waals surface area contributed by atoms with Gasteiger partial charge in [-0.25, -0.2) is 14.2 Å². The fraction of sp³-hybridized carbons (Fsp3) is 0.0909. The molecule has 0 amide bonds. The third-order valence-corrected chi connectivity index (χ3v) is 2.61. The number of hydrogen-bond acceptors (Lipinski definition) is 2. The van der Waals surface area contributed by atoms with E-state index in [1.54, 1.807) is 6.07 Å². The van der Waals surface area contributed by atoms with Gasteiger partial charge in [-0.1, -0.05) is 17.7 Å². The fourth-order valence-corrected chi connectivity index (χ4v) is 1.65. The Morgan fingerprint density at radius 3 is 2.88 bits per heavy atom. The van der Waals surface area contributed by atoms with Crippen molar-refractivity contribution in [1.29, 1.82) is 0 Å². The SMILES string of the molecule is O=C(O)c1cn(Cc2c(F)cccc2Cl)cn1. The lowest BCUT2D eigenvalue weighted by atomic mass is 10.2. The van der Waals surface area contributed by atoms with Gasteiger partial charge in [0, 0.05) is 16.8 Å². The monoisotopic (exact) mass is 254 g/mol. The molecule has 1 aromatic carbocycles. The van der Waals surface area contributed by atoms with E-state index in [0.29, 0.717) is 10.6 Å². The minimum absolute atomic E-state index is 0.0857. The van der Waals surface area contributed by atoms with Gasteiger partial charge in [-0.2, -0.15) is 0 Å². The molecule has 0 aliphatic heterocycles. The molecule has 0 saturated heterocycles. The Kier molecular flexibility index (Phi) is 3.10. The molecule has 6 heteroatoms. The Labute approximate surface area is 101 Å². The molecular weight excluding hydrogens is 247 g/mol. The molecule has 88 valence electrons. The molecule has 0 radical (unpaired) electrons. The van der Waals surface area contributed by atoms with Gasteiger partial charge < -0.3 is 9.67 Å². The summed E-state index contributed by atoms with van der Waals surface area (Å²) in [5, 5.41) is 9.00. The second-order valence-electron chi connectivity index (χ2n) is 3.44. The van der Waals surface area contributed by atoms with E-state index < -0.39 is 11.8 Å². The summed E-state index contributed by atoms with van der Waals surface area (Å²) in [6.45, 7) is 0.145. The summed E-state index contributed by atoms with van der Waals surface area (Å²) in [5.74, 6) is -1.55. The van der Waals surface area contributed by atoms with Crippen LogP contribution in [0.15, 0.2) is 30.7 Å². The number of carbonyl (C=O) groups is 1. The molecular formula is C11H8ClFN2O2. The Morgan fingerprint density at radius 2 is 2.29 bits per heavy atom. The zero-order chi connectivity index (χ0) is 12.4. The van der Waals surface area contributed by atoms with Crippen LogP contribution in [0.2, 0.25) is 5.02 Å². The number of hydrogen-bond donors (Lipinski definition) is 1. The van der Waals surface area contributed by atoms with Gasteiger partial charge in [0.2, 0.25) is 0 Å². The van der Waals surface area contributed by atoms with Crippen molar-refractivity contribution in [1.82, 2.24) is 9.55 Å². The molecule has 1 heterocycles. The van der Waals surface area contributed by atoms with Gasteiger partial charge in [0.1, 0.15) is 5.82 Å². The number of carboxylic acids is 1. The molecule has 0 aliphatic carbocycles. The largest absolute Gasteiger partial charge is 0.476 e. The summed E-state index contributed by atoms with van der Waals surface area (Å²) in [6.07, 6.45) is 2.65. The number of aromatic nitrogens is 2. The lowest BCUT2D eigenvalue weighted by Gasteiger charge is -2.05. The molecule has 2 aromatic rings. The van der Waals surface area contributed by atoms with Gasteiger partial charge in [-0.15, -0.1) is 0 Å². The molecule has 0 aliphatic rings. The van der Waals surface area contributed by atoms with Crippen molar-refractivity contribution in [3.8, 4) is 0 Å². The van der Waals surface area contributed by atoms with E-state index in [9.17, 15) is 9.18 Å². The molecule has 0 bridgehead atoms. The highest BCUT2D eigenvalue weighted by Crippen LogP contribution is 2.20. The van der Waals surface area contributed by atoms with Crippen LogP contribution >= 0.6 is 11.6 Å². The number of aromatic carboxylic acids is 1. The molecule has 17 heavy (non-hydrogen) atoms. The first-order valence-corrected chi connectivity index (χ1v) is 5.13. The van der Waals surface area contributed by atoms with E-state index in [1.807, 2.05) is 0 Å². The molecule has 1 aromatic heterocycles. The number of imidazole rings is 1. The Hall–Kier alpha value is -1.88. The third-order valence-electron chi connectivity index (χ3n) is 2.25. The van der Waals surface area contributed by atoms with Crippen molar-refractivity contribution in [2.45, 2.75) is 6.54 Å². The van der Waals surface area contributed by atoms with Crippen molar-refractivity contribution in [3.63, 3.8) is 0 Å². The van der Waals surface area contributed by atoms with Gasteiger partial charge in [0.05, 0.1) is 12.9 Å². The van der Waals surface area contributed by atoms with Crippen molar-refractivity contribution < 1.29 is 14.3 Å². The molecule has 2 rings (SSSR count). The topological polar surface area (TPSA) is 55.1 Å². The highest BCUT2D eigenvalue weighted by molar-refractivity contribution is 6.31. The van der Waals surface area contributed by atoms with E-state index in [-0.39, 0.29) is 12.2 Å². The van der Waals surface area contributed by atoms with Crippen LogP contribution in [0.1, 0.15) is 16.1 Å². The van der Waals surface area contributed by atoms with Crippen LogP contribution in [-0.4, -0.2) is 20.6 Å². The Balaban J connectivity index is 2.28. The molecule has 0 atom stereocenters. The third kappa shape index (κ3) is 2.45. The average molecular weight is 255 g/mol. The summed E-state index contributed by atoms with van der Waals surface area (Å²) in [7, 11) is 0. The van der Waals surface area contributed by atoms with Crippen LogP contribution in [0.4, 0.5) is 4.39 Å². The Morgan fingerprint density at radius 1 is 1.53 bits per heavy atom. The molecule has 0 spiro atoms. The predicted octanol–water partition coefficient (Wildman–Crippen LogP) is 2.42. The maximum atomic E-state index is 13.5. The maximum Gasteiger partial charge on any atom is 0.356 e. The van der Waals surface area contributed by atoms with Gasteiger partial charge in [0.15, 0.2) is 5.69 Å². The second-order valence-corrected chi connectivity index (χ2v) is 3.84. The molecule has 1 N–H and O–H groups in total. The number of rotatable bonds is 3. The first kappa shape index (κ1) is 11.6. The Bertz CT molecular complexity index is 548. The summed E-state index contributed by atoms with van der Waals surface area (Å²) in [4.78, 5) is 14.3. The highest BCUT2D eigenvalue weighted by atomic mass is 35.5. The fourth-order valence-electron chi connectivity index (χ4n) is 1.42. The zero-order valence-electron chi connectivity index (χ0n) is 8.60. The van der Waals surface area contributed by atoms with E-state index in [1.165, 1.54) is 29.2 Å². The van der Waals surface area contributed by atoms with E-state index in [2.05, 4.69) is 4.98 Å². The van der Waals surface area contributed by atoms with E-state index in [0.717, 1.165) is 0 Å². The lowest BCUT2D eigenvalue weighted by molar-refractivity contribution is 0.0691. The standard InChI is InChI=1S/C11H8ClFN2O2/c12-8-2-1-3-9(13)7(8)4-15-5-10(11(16)17)14-6-15/h1-3,5-6H,4H2,(H,16,17). The maximum absolute atomic E-state index is 13.5. The minimum atomic E-state index is -1.12. The normalized spacial score (nSPS) is 10.5. The van der Waals surface area contributed by atoms with E-state index >= 15 is 0 Å². The molecule has 0 unspecified atom stereocenters. The number of nitrogens with zero attached hydrogens (tertiary/aromatic N) is 2. The summed E-state index contributed by atoms with van der Waals surface area (Å²) in [5.41, 5.74) is 0.223. The molecule has 4 nitrogen and oxygen atoms in total. The average Bonchev–Trinajstić information content (AvgIpc) is 2.72. The van der Waals surface area contributed by atoms with Crippen molar-refractivity contribution in [2.75, 3.05) is 0 Å². The second kappa shape index (κ2) is 4.55. The first-order valence-electron chi connectivity index (χ1n) is 4.76. The van der Waals surface area contributed by atoms with Gasteiger partial charge in [-0.05, 0) is 12.1 Å². The first-order chi connectivity index (χ1) is 8.08. The lowest BCUT2D eigenvalue weighted by Crippen LogP contribution is -2.01. The predicted molar refractivity (Wildman–Crippen MR) is 59.7 cm³/mol. The van der Waals surface area contributed by atoms with Crippen LogP contribution < -0.4 is 0 Å². The van der Waals surface area contributed by atoms with Crippen LogP contribution in [0, 0.1) is 5.82 Å². The van der Waals surface area contributed by atoms with Crippen molar-refractivity contribution in [2.24, 2.45) is 0 Å². The van der Waals surface area contributed by atoms with Gasteiger partial charge in [-0.3, -0.25) is 0 Å². The highest BCUT2D eigenvalue weighted by Gasteiger charge is 2.10. The number of halogens is 2. The quantitative estimate of drug-likeness (QED) is 0.915. The summed E-state index contributed by atoms with van der Waals surface area (Å²) >= 11 is 5.86. The molecule has 0 fully saturated rings. The van der Waals surface area contributed by atoms with Crippen molar-refractivity contribution in [3.05, 3.63) is 52.8 Å². The molecule has 0 saturated carbocycles. The summed E-state index contributed by atoms with van der Waals surface area (Å²) < 4.78 is 14.9.